The van der Waals surface area contributed by atoms with Gasteiger partial charge in [-0.1, -0.05) is 81.3 Å². The maximum absolute atomic E-state index is 13.3. The first-order chi connectivity index (χ1) is 20.9. The van der Waals surface area contributed by atoms with Gasteiger partial charge in [0.2, 0.25) is 0 Å². The first kappa shape index (κ1) is 32.9. The molecule has 1 aliphatic carbocycles. The number of amides is 1. The summed E-state index contributed by atoms with van der Waals surface area (Å²) in [5, 5.41) is 13.2. The van der Waals surface area contributed by atoms with Crippen molar-refractivity contribution in [2.24, 2.45) is 5.92 Å². The molecule has 1 aliphatic rings. The Morgan fingerprint density at radius 2 is 1.70 bits per heavy atom. The first-order valence-electron chi connectivity index (χ1n) is 15.3. The van der Waals surface area contributed by atoms with Gasteiger partial charge >= 0.3 is 5.97 Å². The third kappa shape index (κ3) is 8.11. The van der Waals surface area contributed by atoms with Gasteiger partial charge in [-0.25, -0.2) is 4.79 Å². The lowest BCUT2D eigenvalue weighted by Crippen LogP contribution is -2.42. The summed E-state index contributed by atoms with van der Waals surface area (Å²) in [7, 11) is 0. The van der Waals surface area contributed by atoms with E-state index >= 15 is 0 Å². The highest BCUT2D eigenvalue weighted by Crippen LogP contribution is 2.35. The van der Waals surface area contributed by atoms with Crippen molar-refractivity contribution in [2.45, 2.75) is 65.8 Å². The molecule has 44 heavy (non-hydrogen) atoms. The summed E-state index contributed by atoms with van der Waals surface area (Å²) in [6, 6.07) is 20.3. The van der Waals surface area contributed by atoms with Crippen molar-refractivity contribution in [1.29, 1.82) is 0 Å². The van der Waals surface area contributed by atoms with Crippen LogP contribution in [0.2, 0.25) is 5.02 Å². The Balaban J connectivity index is 1.49. The molecule has 0 spiro atoms. The Morgan fingerprint density at radius 3 is 2.32 bits per heavy atom. The zero-order valence-corrected chi connectivity index (χ0v) is 27.2. The summed E-state index contributed by atoms with van der Waals surface area (Å²) in [6.07, 6.45) is 4.99. The van der Waals surface area contributed by atoms with Gasteiger partial charge in [-0.15, -0.1) is 0 Å². The Morgan fingerprint density at radius 1 is 1.00 bits per heavy atom. The molecule has 0 aliphatic heterocycles. The SMILES string of the molecule is CCN(CC)c1ccc(Cl)cc1C(=O)N[C@@H](CC1=CC=C(c2cccc(Oc3ccc(C(C)(C)C)cc3)c2)CC1C)C(=O)O. The van der Waals surface area contributed by atoms with E-state index in [2.05, 4.69) is 51.2 Å². The molecule has 0 bridgehead atoms. The highest BCUT2D eigenvalue weighted by Gasteiger charge is 2.27. The van der Waals surface area contributed by atoms with Crippen LogP contribution >= 0.6 is 11.6 Å². The molecule has 0 radical (unpaired) electrons. The molecular formula is C37H43ClN2O4. The van der Waals surface area contributed by atoms with Crippen LogP contribution in [0, 0.1) is 5.92 Å². The average Bonchev–Trinajstić information content (AvgIpc) is 2.98. The number of nitrogens with zero attached hydrogens (tertiary/aromatic N) is 1. The number of carbonyl (C=O) groups is 2. The summed E-state index contributed by atoms with van der Waals surface area (Å²) >= 11 is 6.22. The number of hydrogen-bond donors (Lipinski definition) is 2. The number of nitrogens with one attached hydrogen (secondary N) is 1. The fraction of sp³-hybridized carbons (Fsp3) is 0.351. The number of hydrogen-bond acceptors (Lipinski definition) is 4. The fourth-order valence-corrected chi connectivity index (χ4v) is 5.68. The van der Waals surface area contributed by atoms with Crippen molar-refractivity contribution >= 4 is 34.7 Å². The van der Waals surface area contributed by atoms with Gasteiger partial charge in [0.1, 0.15) is 17.5 Å². The summed E-state index contributed by atoms with van der Waals surface area (Å²) < 4.78 is 6.16. The van der Waals surface area contributed by atoms with E-state index in [1.807, 2.05) is 61.2 Å². The molecule has 0 heterocycles. The minimum absolute atomic E-state index is 0.0794. The van der Waals surface area contributed by atoms with Crippen LogP contribution in [-0.2, 0) is 10.2 Å². The number of aliphatic carboxylic acids is 1. The molecule has 0 aromatic heterocycles. The zero-order chi connectivity index (χ0) is 32.0. The number of carboxylic acid groups (broad SMARTS) is 1. The Labute approximate surface area is 266 Å². The number of ether oxygens (including phenoxy) is 1. The molecule has 1 unspecified atom stereocenters. The van der Waals surface area contributed by atoms with Gasteiger partial charge in [-0.05, 0) is 97.2 Å². The number of carboxylic acids is 1. The smallest absolute Gasteiger partial charge is 0.326 e. The lowest BCUT2D eigenvalue weighted by atomic mass is 9.83. The summed E-state index contributed by atoms with van der Waals surface area (Å²) in [5.74, 6) is 0.112. The van der Waals surface area contributed by atoms with E-state index in [0.29, 0.717) is 23.7 Å². The van der Waals surface area contributed by atoms with Gasteiger partial charge in [-0.2, -0.15) is 0 Å². The second-order valence-corrected chi connectivity index (χ2v) is 12.8. The standard InChI is InChI=1S/C37H43ClN2O4/c1-7-40(8-2)34-19-16-29(38)23-32(34)35(41)39-33(36(42)43)22-25-12-13-27(20-24(25)3)26-10-9-11-31(21-26)44-30-17-14-28(15-18-30)37(4,5)6/h9-19,21,23-24,33H,7-8,20,22H2,1-6H3,(H,39,41)(H,42,43)/t24?,33-/m0/s1. The van der Waals surface area contributed by atoms with Crippen molar-refractivity contribution in [2.75, 3.05) is 18.0 Å². The third-order valence-electron chi connectivity index (χ3n) is 8.17. The van der Waals surface area contributed by atoms with E-state index in [1.165, 1.54) is 5.56 Å². The van der Waals surface area contributed by atoms with Crippen LogP contribution in [-0.4, -0.2) is 36.1 Å². The van der Waals surface area contributed by atoms with Crippen molar-refractivity contribution in [3.63, 3.8) is 0 Å². The number of rotatable bonds is 11. The van der Waals surface area contributed by atoms with E-state index in [9.17, 15) is 14.7 Å². The topological polar surface area (TPSA) is 78.9 Å². The largest absolute Gasteiger partial charge is 0.480 e. The molecular weight excluding hydrogens is 572 g/mol. The normalized spacial score (nSPS) is 15.6. The van der Waals surface area contributed by atoms with E-state index in [1.54, 1.807) is 18.2 Å². The van der Waals surface area contributed by atoms with Gasteiger partial charge in [-0.3, -0.25) is 4.79 Å². The predicted octanol–water partition coefficient (Wildman–Crippen LogP) is 8.90. The third-order valence-corrected chi connectivity index (χ3v) is 8.40. The molecule has 0 saturated carbocycles. The molecule has 0 fully saturated rings. The van der Waals surface area contributed by atoms with Crippen molar-refractivity contribution in [1.82, 2.24) is 5.32 Å². The lowest BCUT2D eigenvalue weighted by molar-refractivity contribution is -0.139. The minimum atomic E-state index is -1.08. The summed E-state index contributed by atoms with van der Waals surface area (Å²) in [4.78, 5) is 27.7. The highest BCUT2D eigenvalue weighted by atomic mass is 35.5. The van der Waals surface area contributed by atoms with Gasteiger partial charge < -0.3 is 20.1 Å². The van der Waals surface area contributed by atoms with E-state index in [-0.39, 0.29) is 17.8 Å². The van der Waals surface area contributed by atoms with E-state index in [0.717, 1.165) is 40.3 Å². The van der Waals surface area contributed by atoms with Crippen LogP contribution in [0.15, 0.2) is 84.5 Å². The Bertz CT molecular complexity index is 1550. The molecule has 7 heteroatoms. The average molecular weight is 615 g/mol. The second kappa shape index (κ2) is 14.2. The summed E-state index contributed by atoms with van der Waals surface area (Å²) in [5.41, 5.74) is 5.61. The molecule has 6 nitrogen and oxygen atoms in total. The van der Waals surface area contributed by atoms with Crippen LogP contribution < -0.4 is 15.0 Å². The van der Waals surface area contributed by atoms with Crippen molar-refractivity contribution < 1.29 is 19.4 Å². The Kier molecular flexibility index (Phi) is 10.6. The van der Waals surface area contributed by atoms with Crippen molar-refractivity contribution in [3.05, 3.63) is 106 Å². The quantitative estimate of drug-likeness (QED) is 0.225. The number of carbonyl (C=O) groups excluding carboxylic acids is 1. The number of halogens is 1. The summed E-state index contributed by atoms with van der Waals surface area (Å²) in [6.45, 7) is 14.1. The van der Waals surface area contributed by atoms with Gasteiger partial charge in [0.15, 0.2) is 0 Å². The van der Waals surface area contributed by atoms with Gasteiger partial charge in [0.05, 0.1) is 5.56 Å². The van der Waals surface area contributed by atoms with Crippen LogP contribution in [0.25, 0.3) is 5.57 Å². The monoisotopic (exact) mass is 614 g/mol. The molecule has 2 atom stereocenters. The second-order valence-electron chi connectivity index (χ2n) is 12.3. The van der Waals surface area contributed by atoms with E-state index in [4.69, 9.17) is 16.3 Å². The van der Waals surface area contributed by atoms with Crippen molar-refractivity contribution in [3.8, 4) is 11.5 Å². The highest BCUT2D eigenvalue weighted by molar-refractivity contribution is 6.31. The van der Waals surface area contributed by atoms with E-state index < -0.39 is 17.9 Å². The molecule has 1 amide bonds. The molecule has 232 valence electrons. The fourth-order valence-electron chi connectivity index (χ4n) is 5.50. The molecule has 4 rings (SSSR count). The molecule has 2 N–H and O–H groups in total. The molecule has 0 saturated heterocycles. The molecule has 3 aromatic carbocycles. The number of benzene rings is 3. The van der Waals surface area contributed by atoms with Crippen LogP contribution in [0.4, 0.5) is 5.69 Å². The van der Waals surface area contributed by atoms with Crippen LogP contribution in [0.3, 0.4) is 0 Å². The van der Waals surface area contributed by atoms with Gasteiger partial charge in [0, 0.05) is 23.8 Å². The van der Waals surface area contributed by atoms with Crippen LogP contribution in [0.1, 0.15) is 75.9 Å². The molecule has 3 aromatic rings. The zero-order valence-electron chi connectivity index (χ0n) is 26.5. The maximum atomic E-state index is 13.3. The number of allylic oxidation sites excluding steroid dienone is 3. The predicted molar refractivity (Wildman–Crippen MR) is 180 cm³/mol. The Hall–Kier alpha value is -4.03. The van der Waals surface area contributed by atoms with Crippen LogP contribution in [0.5, 0.6) is 11.5 Å². The van der Waals surface area contributed by atoms with Gasteiger partial charge in [0.25, 0.3) is 5.91 Å². The lowest BCUT2D eigenvalue weighted by Gasteiger charge is -2.26. The first-order valence-corrected chi connectivity index (χ1v) is 15.6. The maximum Gasteiger partial charge on any atom is 0.326 e. The number of anilines is 1. The minimum Gasteiger partial charge on any atom is -0.480 e.